The van der Waals surface area contributed by atoms with E-state index in [0.29, 0.717) is 0 Å². The van der Waals surface area contributed by atoms with E-state index in [4.69, 9.17) is 5.73 Å². The first kappa shape index (κ1) is 10.6. The molecule has 0 atom stereocenters. The average Bonchev–Trinajstić information content (AvgIpc) is 2.18. The maximum Gasteiger partial charge on any atom is 0.0314 e. The zero-order chi connectivity index (χ0) is 6.69. The van der Waals surface area contributed by atoms with E-state index < -0.39 is 0 Å². The second kappa shape index (κ2) is 5.29. The Labute approximate surface area is 83.5 Å². The molecule has 0 unspecified atom stereocenters. The Morgan fingerprint density at radius 1 is 1.50 bits per heavy atom. The van der Waals surface area contributed by atoms with E-state index in [1.165, 1.54) is 10.0 Å². The first-order valence-electron chi connectivity index (χ1n) is 2.75. The Morgan fingerprint density at radius 2 is 2.20 bits per heavy atom. The van der Waals surface area contributed by atoms with Crippen molar-refractivity contribution < 1.29 is 0 Å². The minimum atomic E-state index is 0. The molecule has 0 radical (unpaired) electrons. The van der Waals surface area contributed by atoms with Crippen molar-refractivity contribution in [3.63, 3.8) is 0 Å². The van der Waals surface area contributed by atoms with Crippen LogP contribution in [0.2, 0.25) is 0 Å². The van der Waals surface area contributed by atoms with Crippen LogP contribution in [0.1, 0.15) is 5.56 Å². The van der Waals surface area contributed by atoms with Crippen LogP contribution >= 0.6 is 44.2 Å². The molecular weight excluding hydrogens is 278 g/mol. The lowest BCUT2D eigenvalue weighted by Gasteiger charge is -1.91. The lowest BCUT2D eigenvalue weighted by Crippen LogP contribution is -2.01. The van der Waals surface area contributed by atoms with Crippen molar-refractivity contribution in [2.24, 2.45) is 5.73 Å². The van der Waals surface area contributed by atoms with Crippen LogP contribution in [0.5, 0.6) is 0 Å². The van der Waals surface area contributed by atoms with Crippen molar-refractivity contribution in [3.8, 4) is 0 Å². The highest BCUT2D eigenvalue weighted by Crippen LogP contribution is 2.20. The molecule has 1 aromatic heterocycles. The molecule has 1 nitrogen and oxygen atoms in total. The van der Waals surface area contributed by atoms with Gasteiger partial charge >= 0.3 is 0 Å². The highest BCUT2D eigenvalue weighted by molar-refractivity contribution is 9.10. The van der Waals surface area contributed by atoms with E-state index in [1.807, 2.05) is 0 Å². The molecule has 0 saturated heterocycles. The number of nitrogens with two attached hydrogens (primary N) is 1. The number of rotatable bonds is 2. The summed E-state index contributed by atoms with van der Waals surface area (Å²) in [5.41, 5.74) is 6.69. The molecule has 0 spiro atoms. The molecule has 0 bridgehead atoms. The van der Waals surface area contributed by atoms with Gasteiger partial charge in [-0.1, -0.05) is 0 Å². The van der Waals surface area contributed by atoms with Crippen molar-refractivity contribution in [1.29, 1.82) is 0 Å². The monoisotopic (exact) mass is 285 g/mol. The van der Waals surface area contributed by atoms with Crippen LogP contribution < -0.4 is 5.73 Å². The van der Waals surface area contributed by atoms with E-state index >= 15 is 0 Å². The highest BCUT2D eigenvalue weighted by Gasteiger charge is 1.96. The molecule has 2 N–H and O–H groups in total. The van der Waals surface area contributed by atoms with Gasteiger partial charge in [0.05, 0.1) is 0 Å². The third-order valence-electron chi connectivity index (χ3n) is 1.10. The Hall–Kier alpha value is 0.620. The van der Waals surface area contributed by atoms with Crippen molar-refractivity contribution in [2.45, 2.75) is 6.42 Å². The van der Waals surface area contributed by atoms with Gasteiger partial charge in [0.1, 0.15) is 0 Å². The molecule has 4 heteroatoms. The molecule has 0 saturated carbocycles. The molecule has 10 heavy (non-hydrogen) atoms. The minimum Gasteiger partial charge on any atom is -0.330 e. The third kappa shape index (κ3) is 2.70. The summed E-state index contributed by atoms with van der Waals surface area (Å²) in [6.45, 7) is 0.731. The topological polar surface area (TPSA) is 26.0 Å². The lowest BCUT2D eigenvalue weighted by molar-refractivity contribution is 0.970. The molecule has 0 aromatic carbocycles. The summed E-state index contributed by atoms with van der Waals surface area (Å²) in [5.74, 6) is 0. The zero-order valence-electron chi connectivity index (χ0n) is 5.34. The largest absolute Gasteiger partial charge is 0.330 e. The SMILES string of the molecule is Br.NCCc1cscc1Br. The van der Waals surface area contributed by atoms with Gasteiger partial charge in [0.15, 0.2) is 0 Å². The van der Waals surface area contributed by atoms with Gasteiger partial charge in [-0.3, -0.25) is 0 Å². The van der Waals surface area contributed by atoms with Crippen molar-refractivity contribution >= 4 is 44.2 Å². The maximum atomic E-state index is 5.37. The Balaban J connectivity index is 0.000000810. The van der Waals surface area contributed by atoms with E-state index in [9.17, 15) is 0 Å². The second-order valence-corrected chi connectivity index (χ2v) is 3.38. The number of hydrogen-bond donors (Lipinski definition) is 1. The normalized spacial score (nSPS) is 9.00. The summed E-state index contributed by atoms with van der Waals surface area (Å²) in [6, 6.07) is 0. The van der Waals surface area contributed by atoms with Crippen LogP contribution in [0, 0.1) is 0 Å². The predicted molar refractivity (Wildman–Crippen MR) is 55.1 cm³/mol. The maximum absolute atomic E-state index is 5.37. The fourth-order valence-corrected chi connectivity index (χ4v) is 2.18. The Morgan fingerprint density at radius 3 is 2.60 bits per heavy atom. The summed E-state index contributed by atoms with van der Waals surface area (Å²) in [7, 11) is 0. The van der Waals surface area contributed by atoms with Crippen molar-refractivity contribution in [1.82, 2.24) is 0 Å². The van der Waals surface area contributed by atoms with Gasteiger partial charge < -0.3 is 5.73 Å². The Kier molecular flexibility index (Phi) is 5.62. The summed E-state index contributed by atoms with van der Waals surface area (Å²) < 4.78 is 1.19. The molecule has 0 aliphatic carbocycles. The van der Waals surface area contributed by atoms with Gasteiger partial charge in [-0.2, -0.15) is 11.3 Å². The Bertz CT molecular complexity index is 188. The smallest absolute Gasteiger partial charge is 0.0314 e. The van der Waals surface area contributed by atoms with E-state index in [-0.39, 0.29) is 17.0 Å². The van der Waals surface area contributed by atoms with Crippen LogP contribution in [0.15, 0.2) is 15.2 Å². The summed E-state index contributed by atoms with van der Waals surface area (Å²) in [5, 5.41) is 4.20. The highest BCUT2D eigenvalue weighted by atomic mass is 79.9. The van der Waals surface area contributed by atoms with Gasteiger partial charge in [-0.05, 0) is 39.8 Å². The van der Waals surface area contributed by atoms with Gasteiger partial charge in [-0.15, -0.1) is 17.0 Å². The van der Waals surface area contributed by atoms with Gasteiger partial charge in [0.2, 0.25) is 0 Å². The van der Waals surface area contributed by atoms with Crippen LogP contribution in [0.4, 0.5) is 0 Å². The summed E-state index contributed by atoms with van der Waals surface area (Å²) in [6.07, 6.45) is 0.976. The molecule has 1 aromatic rings. The van der Waals surface area contributed by atoms with Crippen LogP contribution in [-0.2, 0) is 6.42 Å². The number of hydrogen-bond acceptors (Lipinski definition) is 2. The molecule has 0 fully saturated rings. The zero-order valence-corrected chi connectivity index (χ0v) is 9.46. The van der Waals surface area contributed by atoms with Crippen LogP contribution in [-0.4, -0.2) is 6.54 Å². The van der Waals surface area contributed by atoms with Crippen LogP contribution in [0.25, 0.3) is 0 Å². The van der Waals surface area contributed by atoms with E-state index in [2.05, 4.69) is 26.7 Å². The lowest BCUT2D eigenvalue weighted by atomic mass is 10.2. The molecule has 58 valence electrons. The van der Waals surface area contributed by atoms with Crippen LogP contribution in [0.3, 0.4) is 0 Å². The second-order valence-electron chi connectivity index (χ2n) is 1.78. The fraction of sp³-hybridized carbons (Fsp3) is 0.333. The van der Waals surface area contributed by atoms with Crippen molar-refractivity contribution in [3.05, 3.63) is 20.8 Å². The average molecular weight is 287 g/mol. The quantitative estimate of drug-likeness (QED) is 0.889. The van der Waals surface area contributed by atoms with Gasteiger partial charge in [-0.25, -0.2) is 0 Å². The van der Waals surface area contributed by atoms with Gasteiger partial charge in [0.25, 0.3) is 0 Å². The third-order valence-corrected chi connectivity index (χ3v) is 2.94. The molecule has 0 aliphatic rings. The van der Waals surface area contributed by atoms with Crippen molar-refractivity contribution in [2.75, 3.05) is 6.54 Å². The molecular formula is C6H9Br2NS. The molecule has 0 amide bonds. The minimum absolute atomic E-state index is 0. The fourth-order valence-electron chi connectivity index (χ4n) is 0.642. The molecule has 1 rings (SSSR count). The molecule has 0 aliphatic heterocycles. The van der Waals surface area contributed by atoms with Gasteiger partial charge in [0, 0.05) is 9.85 Å². The van der Waals surface area contributed by atoms with E-state index in [1.54, 1.807) is 11.3 Å². The first-order valence-corrected chi connectivity index (χ1v) is 4.49. The van der Waals surface area contributed by atoms with E-state index in [0.717, 1.165) is 13.0 Å². The predicted octanol–water partition coefficient (Wildman–Crippen LogP) is 2.59. The summed E-state index contributed by atoms with van der Waals surface area (Å²) in [4.78, 5) is 0. The molecule has 1 heterocycles. The number of halogens is 2. The standard InChI is InChI=1S/C6H8BrNS.BrH/c7-6-4-9-3-5(6)1-2-8;/h3-4H,1-2,8H2;1H. The number of thiophene rings is 1. The summed E-state index contributed by atoms with van der Waals surface area (Å²) >= 11 is 5.13. The first-order chi connectivity index (χ1) is 4.34.